The highest BCUT2D eigenvalue weighted by atomic mass is 32.1. The Morgan fingerprint density at radius 1 is 1.59 bits per heavy atom. The Labute approximate surface area is 108 Å². The lowest BCUT2D eigenvalue weighted by molar-refractivity contribution is -0.118. The van der Waals surface area contributed by atoms with Crippen LogP contribution in [0.15, 0.2) is 16.8 Å². The smallest absolute Gasteiger partial charge is 0.138 e. The van der Waals surface area contributed by atoms with Crippen LogP contribution in [0.2, 0.25) is 0 Å². The Hall–Kier alpha value is -0.670. The maximum atomic E-state index is 11.8. The minimum absolute atomic E-state index is 0.377. The monoisotopic (exact) mass is 251 g/mol. The van der Waals surface area contributed by atoms with E-state index in [0.29, 0.717) is 18.6 Å². The molecule has 2 nitrogen and oxygen atoms in total. The fourth-order valence-electron chi connectivity index (χ4n) is 2.48. The first-order valence-corrected chi connectivity index (χ1v) is 7.43. The van der Waals surface area contributed by atoms with Crippen LogP contribution in [0.25, 0.3) is 0 Å². The first kappa shape index (κ1) is 12.8. The molecule has 2 rings (SSSR count). The van der Waals surface area contributed by atoms with Gasteiger partial charge in [0.15, 0.2) is 0 Å². The fourth-order valence-corrected chi connectivity index (χ4v) is 3.15. The molecule has 0 bridgehead atoms. The van der Waals surface area contributed by atoms with Crippen LogP contribution in [-0.2, 0) is 11.2 Å². The largest absolute Gasteiger partial charge is 0.303 e. The molecular weight excluding hydrogens is 230 g/mol. The summed E-state index contributed by atoms with van der Waals surface area (Å²) in [6.45, 7) is 5.61. The summed E-state index contributed by atoms with van der Waals surface area (Å²) in [4.78, 5) is 14.3. The lowest BCUT2D eigenvalue weighted by Gasteiger charge is -2.30. The zero-order chi connectivity index (χ0) is 12.1. The first-order chi connectivity index (χ1) is 8.24. The molecule has 1 fully saturated rings. The molecule has 0 radical (unpaired) electrons. The Bertz CT molecular complexity index is 347. The summed E-state index contributed by atoms with van der Waals surface area (Å²) in [6, 6.07) is 2.05. The Morgan fingerprint density at radius 3 is 3.18 bits per heavy atom. The molecule has 17 heavy (non-hydrogen) atoms. The van der Waals surface area contributed by atoms with Crippen molar-refractivity contribution < 1.29 is 4.79 Å². The SMILES string of the molecule is CC1CCCN(CCC(=O)Cc2ccsc2)C1. The topological polar surface area (TPSA) is 20.3 Å². The van der Waals surface area contributed by atoms with Crippen molar-refractivity contribution in [3.05, 3.63) is 22.4 Å². The number of hydrogen-bond acceptors (Lipinski definition) is 3. The number of thiophene rings is 1. The van der Waals surface area contributed by atoms with Crippen molar-refractivity contribution in [2.24, 2.45) is 5.92 Å². The van der Waals surface area contributed by atoms with Crippen molar-refractivity contribution in [3.63, 3.8) is 0 Å². The van der Waals surface area contributed by atoms with Crippen molar-refractivity contribution in [2.75, 3.05) is 19.6 Å². The van der Waals surface area contributed by atoms with Gasteiger partial charge >= 0.3 is 0 Å². The Balaban J connectivity index is 1.69. The number of carbonyl (C=O) groups is 1. The van der Waals surface area contributed by atoms with Crippen LogP contribution < -0.4 is 0 Å². The van der Waals surface area contributed by atoms with E-state index < -0.39 is 0 Å². The van der Waals surface area contributed by atoms with Crippen LogP contribution in [0.4, 0.5) is 0 Å². The molecule has 0 aromatic carbocycles. The highest BCUT2D eigenvalue weighted by molar-refractivity contribution is 7.07. The van der Waals surface area contributed by atoms with Gasteiger partial charge in [-0.3, -0.25) is 4.79 Å². The third kappa shape index (κ3) is 4.25. The van der Waals surface area contributed by atoms with Gasteiger partial charge in [0.1, 0.15) is 5.78 Å². The van der Waals surface area contributed by atoms with Crippen LogP contribution in [-0.4, -0.2) is 30.3 Å². The van der Waals surface area contributed by atoms with Crippen LogP contribution in [0.3, 0.4) is 0 Å². The number of Topliss-reactive ketones (excluding diaryl/α,β-unsaturated/α-hetero) is 1. The van der Waals surface area contributed by atoms with Gasteiger partial charge in [-0.05, 0) is 47.7 Å². The van der Waals surface area contributed by atoms with Crippen molar-refractivity contribution in [1.29, 1.82) is 0 Å². The molecule has 1 aliphatic heterocycles. The predicted octanol–water partition coefficient (Wildman–Crippen LogP) is 2.98. The lowest BCUT2D eigenvalue weighted by Crippen LogP contribution is -2.35. The zero-order valence-corrected chi connectivity index (χ0v) is 11.3. The number of nitrogens with zero attached hydrogens (tertiary/aromatic N) is 1. The maximum Gasteiger partial charge on any atom is 0.138 e. The predicted molar refractivity (Wildman–Crippen MR) is 72.5 cm³/mol. The number of ketones is 1. The van der Waals surface area contributed by atoms with Gasteiger partial charge in [0.2, 0.25) is 0 Å². The maximum absolute atomic E-state index is 11.8. The molecule has 1 saturated heterocycles. The number of piperidine rings is 1. The van der Waals surface area contributed by atoms with Gasteiger partial charge in [0.05, 0.1) is 0 Å². The van der Waals surface area contributed by atoms with Crippen molar-refractivity contribution in [1.82, 2.24) is 4.90 Å². The molecular formula is C14H21NOS. The number of likely N-dealkylation sites (tertiary alicyclic amines) is 1. The second-order valence-electron chi connectivity index (χ2n) is 5.15. The second kappa shape index (κ2) is 6.31. The summed E-state index contributed by atoms with van der Waals surface area (Å²) in [5.74, 6) is 1.18. The first-order valence-electron chi connectivity index (χ1n) is 6.49. The van der Waals surface area contributed by atoms with E-state index in [4.69, 9.17) is 0 Å². The molecule has 0 aliphatic carbocycles. The van der Waals surface area contributed by atoms with E-state index in [1.165, 1.54) is 31.5 Å². The van der Waals surface area contributed by atoms with Crippen LogP contribution in [0.5, 0.6) is 0 Å². The number of hydrogen-bond donors (Lipinski definition) is 0. The minimum atomic E-state index is 0.377. The number of rotatable bonds is 5. The molecule has 0 N–H and O–H groups in total. The van der Waals surface area contributed by atoms with E-state index in [2.05, 4.69) is 17.2 Å². The van der Waals surface area contributed by atoms with Gasteiger partial charge in [-0.25, -0.2) is 0 Å². The van der Waals surface area contributed by atoms with Gasteiger partial charge in [-0.15, -0.1) is 0 Å². The van der Waals surface area contributed by atoms with Crippen molar-refractivity contribution in [3.8, 4) is 0 Å². The zero-order valence-electron chi connectivity index (χ0n) is 10.5. The Morgan fingerprint density at radius 2 is 2.47 bits per heavy atom. The number of carbonyl (C=O) groups excluding carboxylic acids is 1. The summed E-state index contributed by atoms with van der Waals surface area (Å²) in [7, 11) is 0. The summed E-state index contributed by atoms with van der Waals surface area (Å²) < 4.78 is 0. The third-order valence-corrected chi connectivity index (χ3v) is 4.16. The molecule has 1 aromatic heterocycles. The highest BCUT2D eigenvalue weighted by Crippen LogP contribution is 2.15. The van der Waals surface area contributed by atoms with Gasteiger partial charge in [-0.1, -0.05) is 6.92 Å². The molecule has 0 saturated carbocycles. The van der Waals surface area contributed by atoms with Gasteiger partial charge < -0.3 is 4.90 Å². The highest BCUT2D eigenvalue weighted by Gasteiger charge is 2.16. The Kier molecular flexibility index (Phi) is 4.75. The summed E-state index contributed by atoms with van der Waals surface area (Å²) in [5.41, 5.74) is 1.17. The van der Waals surface area contributed by atoms with Gasteiger partial charge in [-0.2, -0.15) is 11.3 Å². The molecule has 2 heterocycles. The molecule has 0 spiro atoms. The van der Waals surface area contributed by atoms with E-state index in [9.17, 15) is 4.79 Å². The van der Waals surface area contributed by atoms with E-state index in [0.717, 1.165) is 12.5 Å². The molecule has 94 valence electrons. The van der Waals surface area contributed by atoms with Crippen LogP contribution in [0.1, 0.15) is 31.7 Å². The summed E-state index contributed by atoms with van der Waals surface area (Å²) in [5, 5.41) is 4.11. The average molecular weight is 251 g/mol. The third-order valence-electron chi connectivity index (χ3n) is 3.43. The molecule has 0 amide bonds. The van der Waals surface area contributed by atoms with E-state index >= 15 is 0 Å². The molecule has 1 atom stereocenters. The fraction of sp³-hybridized carbons (Fsp3) is 0.643. The molecule has 3 heteroatoms. The standard InChI is InChI=1S/C14H21NOS/c1-12-3-2-6-15(10-12)7-4-14(16)9-13-5-8-17-11-13/h5,8,11-12H,2-4,6-7,9-10H2,1H3. The van der Waals surface area contributed by atoms with Crippen LogP contribution in [0, 0.1) is 5.92 Å². The summed E-state index contributed by atoms with van der Waals surface area (Å²) in [6.07, 6.45) is 3.97. The van der Waals surface area contributed by atoms with Crippen LogP contribution >= 0.6 is 11.3 Å². The minimum Gasteiger partial charge on any atom is -0.303 e. The van der Waals surface area contributed by atoms with E-state index in [1.54, 1.807) is 11.3 Å². The van der Waals surface area contributed by atoms with Gasteiger partial charge in [0.25, 0.3) is 0 Å². The normalized spacial score (nSPS) is 21.6. The van der Waals surface area contributed by atoms with Crippen molar-refractivity contribution in [2.45, 2.75) is 32.6 Å². The van der Waals surface area contributed by atoms with E-state index in [1.807, 2.05) is 11.4 Å². The molecule has 1 aliphatic rings. The quantitative estimate of drug-likeness (QED) is 0.802. The van der Waals surface area contributed by atoms with E-state index in [-0.39, 0.29) is 0 Å². The lowest BCUT2D eigenvalue weighted by atomic mass is 10.00. The average Bonchev–Trinajstić information content (AvgIpc) is 2.79. The summed E-state index contributed by atoms with van der Waals surface area (Å²) >= 11 is 1.67. The van der Waals surface area contributed by atoms with Crippen molar-refractivity contribution >= 4 is 17.1 Å². The van der Waals surface area contributed by atoms with Gasteiger partial charge in [0, 0.05) is 25.9 Å². The molecule has 1 unspecified atom stereocenters. The molecule has 1 aromatic rings. The second-order valence-corrected chi connectivity index (χ2v) is 5.93.